The van der Waals surface area contributed by atoms with Gasteiger partial charge in [0.15, 0.2) is 17.3 Å². The number of Topliss-reactive ketones (excluding diaryl/α,β-unsaturated/α-hetero) is 1. The summed E-state index contributed by atoms with van der Waals surface area (Å²) < 4.78 is 74.1. The summed E-state index contributed by atoms with van der Waals surface area (Å²) >= 11 is 5.94. The summed E-state index contributed by atoms with van der Waals surface area (Å²) in [6, 6.07) is 8.81. The fourth-order valence-electron chi connectivity index (χ4n) is 4.59. The van der Waals surface area contributed by atoms with Gasteiger partial charge in [0.05, 0.1) is 30.5 Å². The molecule has 226 valence electrons. The number of fused-ring (bicyclic) bond motifs is 1. The largest absolute Gasteiger partial charge is 0.493 e. The number of ketones is 1. The van der Waals surface area contributed by atoms with Gasteiger partial charge in [-0.2, -0.15) is 13.2 Å². The third kappa shape index (κ3) is 6.18. The van der Waals surface area contributed by atoms with Gasteiger partial charge in [-0.05, 0) is 55.8 Å². The van der Waals surface area contributed by atoms with Crippen molar-refractivity contribution in [1.82, 2.24) is 4.98 Å². The topological polar surface area (TPSA) is 98.1 Å². The molecule has 2 unspecified atom stereocenters. The van der Waals surface area contributed by atoms with Crippen molar-refractivity contribution in [2.75, 3.05) is 20.3 Å². The number of hydrogen-bond donors (Lipinski definition) is 2. The van der Waals surface area contributed by atoms with Crippen LogP contribution in [-0.2, 0) is 11.0 Å². The third-order valence-corrected chi connectivity index (χ3v) is 7.33. The van der Waals surface area contributed by atoms with Crippen molar-refractivity contribution in [3.05, 3.63) is 70.1 Å². The van der Waals surface area contributed by atoms with Crippen LogP contribution in [0.25, 0.3) is 11.3 Å². The van der Waals surface area contributed by atoms with Crippen LogP contribution >= 0.6 is 11.6 Å². The SMILES string of the molecule is COc1cc(C(=O)CCC(O)(c2cc3c(c(-c4ccc(F)c(Cl)c4)n2)OCC3(C)C)C(F)(F)F)ccc1OCC(C)O. The number of aromatic nitrogens is 1. The predicted molar refractivity (Wildman–Crippen MR) is 147 cm³/mol. The molecule has 42 heavy (non-hydrogen) atoms. The molecule has 0 bridgehead atoms. The molecule has 1 aliphatic heterocycles. The molecule has 2 heterocycles. The van der Waals surface area contributed by atoms with Crippen molar-refractivity contribution in [1.29, 1.82) is 0 Å². The van der Waals surface area contributed by atoms with Gasteiger partial charge in [0.1, 0.15) is 23.9 Å². The molecule has 1 aromatic heterocycles. The van der Waals surface area contributed by atoms with Crippen LogP contribution in [0.3, 0.4) is 0 Å². The highest BCUT2D eigenvalue weighted by Gasteiger charge is 2.56. The Morgan fingerprint density at radius 1 is 1.17 bits per heavy atom. The number of aliphatic hydroxyl groups is 2. The molecule has 1 aliphatic rings. The van der Waals surface area contributed by atoms with Crippen molar-refractivity contribution in [2.24, 2.45) is 0 Å². The van der Waals surface area contributed by atoms with Crippen LogP contribution in [0.1, 0.15) is 55.2 Å². The second-order valence-corrected chi connectivity index (χ2v) is 11.2. The van der Waals surface area contributed by atoms with Gasteiger partial charge in [-0.25, -0.2) is 9.37 Å². The molecule has 0 spiro atoms. The zero-order valence-electron chi connectivity index (χ0n) is 23.3. The Labute approximate surface area is 245 Å². The van der Waals surface area contributed by atoms with Crippen molar-refractivity contribution in [2.45, 2.75) is 56.9 Å². The number of ether oxygens (including phenoxy) is 3. The number of halogens is 5. The highest BCUT2D eigenvalue weighted by Crippen LogP contribution is 2.49. The van der Waals surface area contributed by atoms with E-state index in [1.165, 1.54) is 44.4 Å². The molecule has 3 aromatic rings. The smallest absolute Gasteiger partial charge is 0.422 e. The van der Waals surface area contributed by atoms with Gasteiger partial charge in [-0.15, -0.1) is 0 Å². The quantitative estimate of drug-likeness (QED) is 0.202. The van der Waals surface area contributed by atoms with Crippen LogP contribution < -0.4 is 14.2 Å². The Hall–Kier alpha value is -3.41. The molecule has 0 aliphatic carbocycles. The van der Waals surface area contributed by atoms with E-state index in [-0.39, 0.29) is 52.3 Å². The normalized spacial score (nSPS) is 16.3. The Morgan fingerprint density at radius 3 is 2.50 bits per heavy atom. The van der Waals surface area contributed by atoms with Crippen LogP contribution in [0.4, 0.5) is 17.6 Å². The van der Waals surface area contributed by atoms with Gasteiger partial charge in [-0.1, -0.05) is 25.4 Å². The molecular formula is C30H30ClF4NO6. The average molecular weight is 612 g/mol. The summed E-state index contributed by atoms with van der Waals surface area (Å²) in [5.74, 6) is -0.815. The zero-order valence-corrected chi connectivity index (χ0v) is 24.1. The van der Waals surface area contributed by atoms with E-state index in [0.717, 1.165) is 12.1 Å². The lowest BCUT2D eigenvalue weighted by Crippen LogP contribution is -2.43. The molecule has 0 saturated heterocycles. The molecule has 4 rings (SSSR count). The van der Waals surface area contributed by atoms with Gasteiger partial charge in [0, 0.05) is 28.5 Å². The van der Waals surface area contributed by atoms with E-state index in [1.807, 2.05) is 0 Å². The molecule has 2 aromatic carbocycles. The van der Waals surface area contributed by atoms with Gasteiger partial charge < -0.3 is 24.4 Å². The molecule has 2 N–H and O–H groups in total. The first-order valence-corrected chi connectivity index (χ1v) is 13.4. The van der Waals surface area contributed by atoms with E-state index in [1.54, 1.807) is 13.8 Å². The number of hydrogen-bond acceptors (Lipinski definition) is 7. The number of alkyl halides is 3. The molecule has 7 nitrogen and oxygen atoms in total. The number of methoxy groups -OCH3 is 1. The molecule has 0 saturated carbocycles. The number of nitrogens with zero attached hydrogens (tertiary/aromatic N) is 1. The summed E-state index contributed by atoms with van der Waals surface area (Å²) in [5.41, 5.74) is -4.41. The van der Waals surface area contributed by atoms with Gasteiger partial charge >= 0.3 is 6.18 Å². The van der Waals surface area contributed by atoms with E-state index in [4.69, 9.17) is 25.8 Å². The molecule has 0 amide bonds. The number of aliphatic hydroxyl groups excluding tert-OH is 1. The highest BCUT2D eigenvalue weighted by atomic mass is 35.5. The van der Waals surface area contributed by atoms with Crippen molar-refractivity contribution >= 4 is 17.4 Å². The van der Waals surface area contributed by atoms with E-state index in [2.05, 4.69) is 4.98 Å². The van der Waals surface area contributed by atoms with Gasteiger partial charge in [0.25, 0.3) is 0 Å². The van der Waals surface area contributed by atoms with Gasteiger partial charge in [0.2, 0.25) is 5.60 Å². The minimum atomic E-state index is -5.22. The van der Waals surface area contributed by atoms with Crippen molar-refractivity contribution in [3.63, 3.8) is 0 Å². The first kappa shape index (κ1) is 31.5. The molecule has 2 atom stereocenters. The van der Waals surface area contributed by atoms with E-state index in [0.29, 0.717) is 5.56 Å². The van der Waals surface area contributed by atoms with Crippen molar-refractivity contribution in [3.8, 4) is 28.5 Å². The summed E-state index contributed by atoms with van der Waals surface area (Å²) in [4.78, 5) is 17.2. The maximum atomic E-state index is 14.6. The van der Waals surface area contributed by atoms with Gasteiger partial charge in [-0.3, -0.25) is 4.79 Å². The summed E-state index contributed by atoms with van der Waals surface area (Å²) in [5, 5.41) is 20.4. The lowest BCUT2D eigenvalue weighted by Gasteiger charge is -2.31. The molecule has 0 radical (unpaired) electrons. The second-order valence-electron chi connectivity index (χ2n) is 10.8. The fourth-order valence-corrected chi connectivity index (χ4v) is 4.77. The maximum absolute atomic E-state index is 14.6. The number of carbonyl (C=O) groups excluding carboxylic acids is 1. The Morgan fingerprint density at radius 2 is 1.88 bits per heavy atom. The maximum Gasteiger partial charge on any atom is 0.422 e. The summed E-state index contributed by atoms with van der Waals surface area (Å²) in [6.45, 7) is 5.15. The van der Waals surface area contributed by atoms with E-state index in [9.17, 15) is 32.6 Å². The summed E-state index contributed by atoms with van der Waals surface area (Å²) in [7, 11) is 1.33. The fraction of sp³-hybridized carbons (Fsp3) is 0.400. The second kappa shape index (κ2) is 11.7. The minimum absolute atomic E-state index is 0.0377. The monoisotopic (exact) mass is 611 g/mol. The lowest BCUT2D eigenvalue weighted by atomic mass is 9.83. The minimum Gasteiger partial charge on any atom is -0.493 e. The van der Waals surface area contributed by atoms with E-state index >= 15 is 0 Å². The third-order valence-electron chi connectivity index (χ3n) is 7.04. The first-order chi connectivity index (χ1) is 19.6. The van der Waals surface area contributed by atoms with Crippen LogP contribution in [-0.4, -0.2) is 53.6 Å². The standard InChI is InChI=1S/C30H30ClF4NO6/c1-16(37)14-41-23-8-6-17(12-24(23)40-4)22(38)9-10-29(39,30(33,34)35)25-13-19-27(42-15-28(19,2)3)26(36-25)18-5-7-21(32)20(31)11-18/h5-8,11-13,16,37,39H,9-10,14-15H2,1-4H3. The molecule has 0 fully saturated rings. The Kier molecular flexibility index (Phi) is 8.78. The summed E-state index contributed by atoms with van der Waals surface area (Å²) in [6.07, 6.45) is -7.70. The Bertz CT molecular complexity index is 1490. The number of pyridine rings is 1. The van der Waals surface area contributed by atoms with Crippen LogP contribution in [0.15, 0.2) is 42.5 Å². The van der Waals surface area contributed by atoms with Crippen LogP contribution in [0, 0.1) is 5.82 Å². The average Bonchev–Trinajstić information content (AvgIpc) is 3.24. The number of benzene rings is 2. The number of carbonyl (C=O) groups is 1. The molecule has 12 heteroatoms. The number of rotatable bonds is 10. The zero-order chi connectivity index (χ0) is 31.0. The van der Waals surface area contributed by atoms with Crippen molar-refractivity contribution < 1.29 is 46.8 Å². The first-order valence-electron chi connectivity index (χ1n) is 13.0. The van der Waals surface area contributed by atoms with Crippen LogP contribution in [0.2, 0.25) is 5.02 Å². The van der Waals surface area contributed by atoms with E-state index < -0.39 is 53.4 Å². The van der Waals surface area contributed by atoms with Crippen LogP contribution in [0.5, 0.6) is 17.2 Å². The predicted octanol–water partition coefficient (Wildman–Crippen LogP) is 6.39. The molecular weight excluding hydrogens is 582 g/mol. The lowest BCUT2D eigenvalue weighted by molar-refractivity contribution is -0.270. The highest BCUT2D eigenvalue weighted by molar-refractivity contribution is 6.31. The Balaban J connectivity index is 1.72.